The van der Waals surface area contributed by atoms with Gasteiger partial charge < -0.3 is 25.6 Å². The van der Waals surface area contributed by atoms with E-state index in [0.29, 0.717) is 30.0 Å². The van der Waals surface area contributed by atoms with Gasteiger partial charge in [-0.05, 0) is 82.5 Å². The molecule has 0 bridgehead atoms. The van der Waals surface area contributed by atoms with Crippen LogP contribution in [0.25, 0.3) is 0 Å². The summed E-state index contributed by atoms with van der Waals surface area (Å²) in [5.74, 6) is 0.659. The molecule has 13 nitrogen and oxygen atoms in total. The molecule has 2 aliphatic rings. The van der Waals surface area contributed by atoms with Crippen LogP contribution in [0.5, 0.6) is 5.75 Å². The monoisotopic (exact) mass is 774 g/mol. The maximum atomic E-state index is 13.1. The average molecular weight is 775 g/mol. The molecule has 15 heteroatoms. The Kier molecular flexibility index (Phi) is 11.9. The van der Waals surface area contributed by atoms with Crippen LogP contribution in [0.15, 0.2) is 71.8 Å². The normalized spacial score (nSPS) is 16.7. The molecule has 1 unspecified atom stereocenters. The van der Waals surface area contributed by atoms with Crippen LogP contribution in [-0.4, -0.2) is 78.7 Å². The molecule has 2 aliphatic heterocycles. The van der Waals surface area contributed by atoms with Gasteiger partial charge in [0.25, 0.3) is 0 Å². The first kappa shape index (κ1) is 38.8. The van der Waals surface area contributed by atoms with Gasteiger partial charge in [0.1, 0.15) is 16.8 Å². The number of carbonyl (C=O) groups excluding carboxylic acids is 2. The number of piperidine rings is 1. The smallest absolute Gasteiger partial charge is 0.249 e. The number of aromatic nitrogens is 2. The predicted octanol–water partition coefficient (Wildman–Crippen LogP) is 6.43. The number of sulfone groups is 1. The fraction of sp³-hybridized carbons (Fsp3) is 0.385. The Hall–Kier alpha value is -4.92. The first-order valence-electron chi connectivity index (χ1n) is 18.1. The number of hydrogen-bond acceptors (Lipinski definition) is 12. The quantitative estimate of drug-likeness (QED) is 0.111. The van der Waals surface area contributed by atoms with Crippen molar-refractivity contribution in [3.8, 4) is 5.75 Å². The van der Waals surface area contributed by atoms with Crippen molar-refractivity contribution in [2.24, 2.45) is 0 Å². The third-order valence-electron chi connectivity index (χ3n) is 9.34. The lowest BCUT2D eigenvalue weighted by Gasteiger charge is -2.37. The summed E-state index contributed by atoms with van der Waals surface area (Å²) in [7, 11) is -3.57. The summed E-state index contributed by atoms with van der Waals surface area (Å²) in [6.45, 7) is 13.4. The molecule has 0 aliphatic carbocycles. The fourth-order valence-electron chi connectivity index (χ4n) is 6.50. The molecule has 1 atom stereocenters. The number of nitrogens with one attached hydrogen (secondary N) is 4. The van der Waals surface area contributed by atoms with Crippen LogP contribution in [-0.2, 0) is 26.0 Å². The molecule has 6 rings (SSSR count). The highest BCUT2D eigenvalue weighted by Crippen LogP contribution is 2.37. The number of ether oxygens (including phenoxy) is 1. The number of hydrogen-bond donors (Lipinski definition) is 4. The lowest BCUT2D eigenvalue weighted by Crippen LogP contribution is -2.47. The highest BCUT2D eigenvalue weighted by Gasteiger charge is 2.27. The zero-order valence-electron chi connectivity index (χ0n) is 31.1. The first-order chi connectivity index (χ1) is 25.8. The summed E-state index contributed by atoms with van der Waals surface area (Å²) in [5, 5.41) is 11.7. The maximum Gasteiger partial charge on any atom is 0.249 e. The largest absolute Gasteiger partial charge is 0.489 e. The summed E-state index contributed by atoms with van der Waals surface area (Å²) in [5.41, 5.74) is 5.19. The Labute approximate surface area is 321 Å². The van der Waals surface area contributed by atoms with E-state index < -0.39 is 21.1 Å². The molecule has 2 amide bonds. The second-order valence-electron chi connectivity index (χ2n) is 14.1. The number of nitrogens with zero attached hydrogens (tertiary/aromatic N) is 4. The van der Waals surface area contributed by atoms with E-state index in [4.69, 9.17) is 16.3 Å². The van der Waals surface area contributed by atoms with Crippen LogP contribution in [0.2, 0.25) is 5.02 Å². The number of halogens is 1. The first-order valence-corrected chi connectivity index (χ1v) is 20.1. The Morgan fingerprint density at radius 3 is 2.44 bits per heavy atom. The minimum atomic E-state index is -3.57. The molecule has 1 aromatic heterocycles. The van der Waals surface area contributed by atoms with Crippen molar-refractivity contribution in [1.82, 2.24) is 20.2 Å². The molecule has 2 fully saturated rings. The van der Waals surface area contributed by atoms with Gasteiger partial charge >= 0.3 is 0 Å². The van der Waals surface area contributed by atoms with E-state index in [1.165, 1.54) is 6.20 Å². The van der Waals surface area contributed by atoms with Crippen LogP contribution in [0.4, 0.5) is 34.5 Å². The molecule has 4 N–H and O–H groups in total. The topological polar surface area (TPSA) is 158 Å². The lowest BCUT2D eigenvalue weighted by atomic mass is 10.1. The van der Waals surface area contributed by atoms with E-state index in [1.54, 1.807) is 38.1 Å². The van der Waals surface area contributed by atoms with E-state index in [1.807, 2.05) is 32.0 Å². The van der Waals surface area contributed by atoms with E-state index in [9.17, 15) is 18.0 Å². The van der Waals surface area contributed by atoms with E-state index in [-0.39, 0.29) is 39.6 Å². The number of benzene rings is 3. The van der Waals surface area contributed by atoms with Crippen LogP contribution in [0.1, 0.15) is 51.7 Å². The van der Waals surface area contributed by atoms with Crippen LogP contribution >= 0.6 is 11.6 Å². The highest BCUT2D eigenvalue weighted by molar-refractivity contribution is 7.92. The zero-order chi connectivity index (χ0) is 38.6. The van der Waals surface area contributed by atoms with Crippen molar-refractivity contribution in [2.45, 2.75) is 76.3 Å². The zero-order valence-corrected chi connectivity index (χ0v) is 32.7. The predicted molar refractivity (Wildman–Crippen MR) is 213 cm³/mol. The number of carbonyl (C=O) groups is 2. The minimum Gasteiger partial charge on any atom is -0.489 e. The molecule has 4 aromatic rings. The Bertz CT molecular complexity index is 2120. The summed E-state index contributed by atoms with van der Waals surface area (Å²) in [6.07, 6.45) is 2.18. The fourth-order valence-corrected chi connectivity index (χ4v) is 7.84. The number of amides is 2. The Morgan fingerprint density at radius 2 is 1.72 bits per heavy atom. The molecule has 0 spiro atoms. The van der Waals surface area contributed by atoms with E-state index in [0.717, 1.165) is 55.2 Å². The molecular formula is C39H47ClN8O5S. The average Bonchev–Trinajstić information content (AvgIpc) is 3.12. The molecule has 0 radical (unpaired) electrons. The summed E-state index contributed by atoms with van der Waals surface area (Å²) in [6, 6.07) is 18.4. The van der Waals surface area contributed by atoms with Gasteiger partial charge in [-0.2, -0.15) is 4.98 Å². The van der Waals surface area contributed by atoms with Gasteiger partial charge in [0.15, 0.2) is 15.7 Å². The van der Waals surface area contributed by atoms with Gasteiger partial charge in [0, 0.05) is 56.6 Å². The third-order valence-corrected chi connectivity index (χ3v) is 11.8. The highest BCUT2D eigenvalue weighted by atomic mass is 35.5. The standard InChI is InChI=1S/C39H47ClN8O5S/c1-24(2)53-34-21-33(48-17-15-47(16-18-48)23-27-9-8-10-28(20-27)42-31-13-14-36(49)45-38(31)50)26(5)19-32(34)44-39-41-22-29(40)37(46-39)43-30-11-6-7-12-35(30)54(51,52)25(3)4/h6-12,19-22,24-25,31,42H,13-18,23H2,1-5H3,(H,45,49,50)(H2,41,43,44,46). The van der Waals surface area contributed by atoms with Crippen molar-refractivity contribution >= 4 is 67.8 Å². The summed E-state index contributed by atoms with van der Waals surface area (Å²) >= 11 is 6.49. The molecule has 2 saturated heterocycles. The molecule has 3 heterocycles. The van der Waals surface area contributed by atoms with Crippen molar-refractivity contribution in [1.29, 1.82) is 0 Å². The number of para-hydroxylation sites is 1. The lowest BCUT2D eigenvalue weighted by molar-refractivity contribution is -0.133. The number of imide groups is 1. The number of rotatable bonds is 13. The van der Waals surface area contributed by atoms with Gasteiger partial charge in [0.2, 0.25) is 17.8 Å². The van der Waals surface area contributed by atoms with Crippen molar-refractivity contribution < 1.29 is 22.7 Å². The molecule has 3 aromatic carbocycles. The van der Waals surface area contributed by atoms with Crippen LogP contribution < -0.4 is 30.9 Å². The number of piperazine rings is 1. The van der Waals surface area contributed by atoms with E-state index >= 15 is 0 Å². The Morgan fingerprint density at radius 1 is 0.963 bits per heavy atom. The summed E-state index contributed by atoms with van der Waals surface area (Å²) < 4.78 is 32.4. The molecule has 286 valence electrons. The SMILES string of the molecule is Cc1cc(Nc2ncc(Cl)c(Nc3ccccc3S(=O)(=O)C(C)C)n2)c(OC(C)C)cc1N1CCN(Cc2cccc(NC3CCC(=O)NC3=O)c2)CC1. The van der Waals surface area contributed by atoms with Gasteiger partial charge in [-0.3, -0.25) is 19.8 Å². The van der Waals surface area contributed by atoms with Crippen LogP contribution in [0.3, 0.4) is 0 Å². The number of anilines is 6. The van der Waals surface area contributed by atoms with Crippen molar-refractivity contribution in [2.75, 3.05) is 47.0 Å². The third kappa shape index (κ3) is 9.23. The number of aryl methyl sites for hydroxylation is 1. The second-order valence-corrected chi connectivity index (χ2v) is 17.0. The van der Waals surface area contributed by atoms with Gasteiger partial charge in [-0.15, -0.1) is 0 Å². The summed E-state index contributed by atoms with van der Waals surface area (Å²) in [4.78, 5) is 37.7. The van der Waals surface area contributed by atoms with Gasteiger partial charge in [-0.1, -0.05) is 35.9 Å². The van der Waals surface area contributed by atoms with Crippen molar-refractivity contribution in [3.05, 3.63) is 83.0 Å². The molecule has 54 heavy (non-hydrogen) atoms. The van der Waals surface area contributed by atoms with Gasteiger partial charge in [0.05, 0.1) is 33.8 Å². The van der Waals surface area contributed by atoms with E-state index in [2.05, 4.69) is 66.2 Å². The van der Waals surface area contributed by atoms with Gasteiger partial charge in [-0.25, -0.2) is 13.4 Å². The molecular weight excluding hydrogens is 728 g/mol. The maximum absolute atomic E-state index is 13.1. The molecule has 0 saturated carbocycles. The van der Waals surface area contributed by atoms with Crippen LogP contribution in [0, 0.1) is 6.92 Å². The second kappa shape index (κ2) is 16.6. The minimum absolute atomic E-state index is 0.0963. The van der Waals surface area contributed by atoms with Crippen molar-refractivity contribution in [3.63, 3.8) is 0 Å². The Balaban J connectivity index is 1.14.